The van der Waals surface area contributed by atoms with E-state index in [0.29, 0.717) is 13.0 Å². The first-order valence-corrected chi connectivity index (χ1v) is 4.76. The lowest BCUT2D eigenvalue weighted by molar-refractivity contribution is 0.122. The van der Waals surface area contributed by atoms with Gasteiger partial charge >= 0.3 is 0 Å². The zero-order chi connectivity index (χ0) is 9.15. The van der Waals surface area contributed by atoms with Crippen molar-refractivity contribution in [3.63, 3.8) is 0 Å². The fraction of sp³-hybridized carbons (Fsp3) is 0.455. The first-order chi connectivity index (χ1) is 6.31. The lowest BCUT2D eigenvalue weighted by Gasteiger charge is -2.30. The summed E-state index contributed by atoms with van der Waals surface area (Å²) in [6, 6.07) is 9.44. The van der Waals surface area contributed by atoms with Gasteiger partial charge in [-0.25, -0.2) is 4.39 Å². The van der Waals surface area contributed by atoms with E-state index in [4.69, 9.17) is 0 Å². The van der Waals surface area contributed by atoms with E-state index in [2.05, 4.69) is 5.32 Å². The highest BCUT2D eigenvalue weighted by Crippen LogP contribution is 2.32. The van der Waals surface area contributed by atoms with E-state index in [1.54, 1.807) is 0 Å². The van der Waals surface area contributed by atoms with Crippen molar-refractivity contribution in [2.45, 2.75) is 18.5 Å². The van der Waals surface area contributed by atoms with Gasteiger partial charge in [0.25, 0.3) is 0 Å². The minimum absolute atomic E-state index is 0.455. The Morgan fingerprint density at radius 1 is 1.23 bits per heavy atom. The second-order valence-electron chi connectivity index (χ2n) is 3.61. The molecule has 1 aliphatic heterocycles. The lowest BCUT2D eigenvalue weighted by Crippen LogP contribution is -2.39. The van der Waals surface area contributed by atoms with Crippen LogP contribution in [0.25, 0.3) is 0 Å². The van der Waals surface area contributed by atoms with E-state index < -0.39 is 5.67 Å². The van der Waals surface area contributed by atoms with Gasteiger partial charge in [-0.3, -0.25) is 0 Å². The summed E-state index contributed by atoms with van der Waals surface area (Å²) in [4.78, 5) is 0. The Kier molecular flexibility index (Phi) is 2.32. The Hall–Kier alpha value is -0.890. The number of halogens is 1. The summed E-state index contributed by atoms with van der Waals surface area (Å²) in [6.07, 6.45) is 1.56. The van der Waals surface area contributed by atoms with Gasteiger partial charge in [0.05, 0.1) is 0 Å². The molecule has 1 saturated heterocycles. The van der Waals surface area contributed by atoms with Crippen LogP contribution in [-0.4, -0.2) is 13.1 Å². The number of hydrogen-bond donors (Lipinski definition) is 1. The number of alkyl halides is 1. The number of hydrogen-bond acceptors (Lipinski definition) is 1. The van der Waals surface area contributed by atoms with Crippen molar-refractivity contribution < 1.29 is 4.39 Å². The number of rotatable bonds is 1. The number of nitrogens with one attached hydrogen (secondary N) is 1. The van der Waals surface area contributed by atoms with E-state index in [1.807, 2.05) is 30.3 Å². The molecule has 1 N–H and O–H groups in total. The van der Waals surface area contributed by atoms with Gasteiger partial charge in [-0.2, -0.15) is 0 Å². The molecular weight excluding hydrogens is 165 g/mol. The average molecular weight is 179 g/mol. The van der Waals surface area contributed by atoms with Crippen LogP contribution in [0.1, 0.15) is 18.4 Å². The van der Waals surface area contributed by atoms with Gasteiger partial charge in [0, 0.05) is 6.54 Å². The highest BCUT2D eigenvalue weighted by Gasteiger charge is 2.33. The fourth-order valence-electron chi connectivity index (χ4n) is 1.85. The van der Waals surface area contributed by atoms with Crippen LogP contribution >= 0.6 is 0 Å². The van der Waals surface area contributed by atoms with Crippen LogP contribution in [0.4, 0.5) is 4.39 Å². The Bertz CT molecular complexity index is 265. The molecule has 1 aliphatic rings. The van der Waals surface area contributed by atoms with Crippen molar-refractivity contribution >= 4 is 0 Å². The Morgan fingerprint density at radius 3 is 2.62 bits per heavy atom. The molecule has 1 heterocycles. The van der Waals surface area contributed by atoms with Gasteiger partial charge in [-0.05, 0) is 24.9 Å². The number of benzene rings is 1. The van der Waals surface area contributed by atoms with E-state index in [1.165, 1.54) is 0 Å². The van der Waals surface area contributed by atoms with Crippen LogP contribution in [0.15, 0.2) is 30.3 Å². The quantitative estimate of drug-likeness (QED) is 0.697. The van der Waals surface area contributed by atoms with Crippen molar-refractivity contribution in [1.29, 1.82) is 0 Å². The minimum atomic E-state index is -1.14. The van der Waals surface area contributed by atoms with Crippen LogP contribution in [0.2, 0.25) is 0 Å². The van der Waals surface area contributed by atoms with Gasteiger partial charge < -0.3 is 5.32 Å². The standard InChI is InChI=1S/C11H14FN/c12-11(7-4-8-13-9-11)10-5-2-1-3-6-10/h1-3,5-6,13H,4,7-9H2/t11-/m1/s1. The van der Waals surface area contributed by atoms with Gasteiger partial charge in [0.15, 0.2) is 0 Å². The molecule has 0 amide bonds. The van der Waals surface area contributed by atoms with E-state index in [9.17, 15) is 4.39 Å². The monoisotopic (exact) mass is 179 g/mol. The normalized spacial score (nSPS) is 28.7. The van der Waals surface area contributed by atoms with Crippen molar-refractivity contribution in [3.05, 3.63) is 35.9 Å². The van der Waals surface area contributed by atoms with Gasteiger partial charge in [0.1, 0.15) is 5.67 Å². The third-order valence-corrected chi connectivity index (χ3v) is 2.62. The smallest absolute Gasteiger partial charge is 0.148 e. The van der Waals surface area contributed by atoms with Gasteiger partial charge in [0.2, 0.25) is 0 Å². The average Bonchev–Trinajstić information content (AvgIpc) is 2.20. The summed E-state index contributed by atoms with van der Waals surface area (Å²) < 4.78 is 14.2. The molecule has 1 fully saturated rings. The van der Waals surface area contributed by atoms with Gasteiger partial charge in [-0.15, -0.1) is 0 Å². The van der Waals surface area contributed by atoms with Crippen molar-refractivity contribution in [2.24, 2.45) is 0 Å². The molecule has 1 aromatic rings. The largest absolute Gasteiger partial charge is 0.313 e. The molecule has 0 saturated carbocycles. The van der Waals surface area contributed by atoms with Gasteiger partial charge in [-0.1, -0.05) is 30.3 Å². The first-order valence-electron chi connectivity index (χ1n) is 4.76. The highest BCUT2D eigenvalue weighted by molar-refractivity contribution is 5.23. The molecule has 1 atom stereocenters. The Balaban J connectivity index is 2.23. The fourth-order valence-corrected chi connectivity index (χ4v) is 1.85. The lowest BCUT2D eigenvalue weighted by atomic mass is 9.88. The van der Waals surface area contributed by atoms with Crippen LogP contribution in [0.5, 0.6) is 0 Å². The molecule has 70 valence electrons. The first kappa shape index (κ1) is 8.70. The van der Waals surface area contributed by atoms with E-state index >= 15 is 0 Å². The predicted octanol–water partition coefficient (Wildman–Crippen LogP) is 2.23. The summed E-state index contributed by atoms with van der Waals surface area (Å²) in [5, 5.41) is 3.10. The Morgan fingerprint density at radius 2 is 2.00 bits per heavy atom. The van der Waals surface area contributed by atoms with Crippen LogP contribution in [0.3, 0.4) is 0 Å². The van der Waals surface area contributed by atoms with E-state index in [0.717, 1.165) is 18.5 Å². The predicted molar refractivity (Wildman–Crippen MR) is 51.3 cm³/mol. The van der Waals surface area contributed by atoms with Crippen LogP contribution in [-0.2, 0) is 5.67 Å². The molecule has 2 heteroatoms. The zero-order valence-electron chi connectivity index (χ0n) is 7.59. The van der Waals surface area contributed by atoms with Crippen LogP contribution < -0.4 is 5.32 Å². The second-order valence-corrected chi connectivity index (χ2v) is 3.61. The maximum Gasteiger partial charge on any atom is 0.148 e. The topological polar surface area (TPSA) is 12.0 Å². The highest BCUT2D eigenvalue weighted by atomic mass is 19.1. The molecule has 1 nitrogen and oxygen atoms in total. The molecule has 0 unspecified atom stereocenters. The minimum Gasteiger partial charge on any atom is -0.313 e. The molecule has 0 radical (unpaired) electrons. The molecule has 0 aliphatic carbocycles. The van der Waals surface area contributed by atoms with E-state index in [-0.39, 0.29) is 0 Å². The SMILES string of the molecule is F[C@]1(c2ccccc2)CCCNC1. The molecule has 2 rings (SSSR count). The Labute approximate surface area is 78.0 Å². The van der Waals surface area contributed by atoms with Crippen LogP contribution in [0, 0.1) is 0 Å². The number of piperidine rings is 1. The zero-order valence-corrected chi connectivity index (χ0v) is 7.59. The summed E-state index contributed by atoms with van der Waals surface area (Å²) in [5.41, 5.74) is -0.332. The summed E-state index contributed by atoms with van der Waals surface area (Å²) in [6.45, 7) is 1.40. The molecular formula is C11H14FN. The molecule has 0 bridgehead atoms. The summed E-state index contributed by atoms with van der Waals surface area (Å²) in [7, 11) is 0. The third-order valence-electron chi connectivity index (χ3n) is 2.62. The summed E-state index contributed by atoms with van der Waals surface area (Å²) in [5.74, 6) is 0. The third kappa shape index (κ3) is 1.73. The summed E-state index contributed by atoms with van der Waals surface area (Å²) >= 11 is 0. The molecule has 1 aromatic carbocycles. The van der Waals surface area contributed by atoms with Crippen molar-refractivity contribution in [3.8, 4) is 0 Å². The molecule has 0 aromatic heterocycles. The van der Waals surface area contributed by atoms with Crippen molar-refractivity contribution in [1.82, 2.24) is 5.32 Å². The molecule has 0 spiro atoms. The second kappa shape index (κ2) is 3.46. The maximum absolute atomic E-state index is 14.2. The molecule has 13 heavy (non-hydrogen) atoms. The maximum atomic E-state index is 14.2. The van der Waals surface area contributed by atoms with Crippen molar-refractivity contribution in [2.75, 3.05) is 13.1 Å².